The van der Waals surface area contributed by atoms with Crippen molar-refractivity contribution in [3.05, 3.63) is 64.2 Å². The fraction of sp³-hybridized carbons (Fsp3) is 0. The van der Waals surface area contributed by atoms with Crippen LogP contribution in [0.25, 0.3) is 6.08 Å². The number of hydrogen-bond acceptors (Lipinski definition) is 2. The predicted octanol–water partition coefficient (Wildman–Crippen LogP) is 3.10. The lowest BCUT2D eigenvalue weighted by Crippen LogP contribution is -2.05. The van der Waals surface area contributed by atoms with Crippen molar-refractivity contribution >= 4 is 33.6 Å². The van der Waals surface area contributed by atoms with Crippen LogP contribution >= 0.6 is 15.9 Å². The Kier molecular flexibility index (Phi) is 3.49. The SMILES string of the molecule is O=C1C=CC(=O)C(/C=C/c2ccc(Br)cc2)=C1. The first kappa shape index (κ1) is 11.7. The van der Waals surface area contributed by atoms with Crippen molar-refractivity contribution in [2.45, 2.75) is 0 Å². The minimum absolute atomic E-state index is 0.141. The Labute approximate surface area is 107 Å². The van der Waals surface area contributed by atoms with E-state index in [0.29, 0.717) is 5.57 Å². The highest BCUT2D eigenvalue weighted by Gasteiger charge is 2.09. The first-order valence-corrected chi connectivity index (χ1v) is 5.86. The van der Waals surface area contributed by atoms with Crippen LogP contribution in [-0.4, -0.2) is 11.6 Å². The van der Waals surface area contributed by atoms with Gasteiger partial charge in [0, 0.05) is 10.0 Å². The second-order valence-electron chi connectivity index (χ2n) is 3.58. The van der Waals surface area contributed by atoms with Crippen molar-refractivity contribution in [3.63, 3.8) is 0 Å². The molecule has 3 heteroatoms. The van der Waals surface area contributed by atoms with Gasteiger partial charge in [-0.3, -0.25) is 9.59 Å². The highest BCUT2D eigenvalue weighted by atomic mass is 79.9. The molecule has 0 radical (unpaired) electrons. The van der Waals surface area contributed by atoms with Crippen LogP contribution < -0.4 is 0 Å². The summed E-state index contributed by atoms with van der Waals surface area (Å²) in [4.78, 5) is 22.6. The highest BCUT2D eigenvalue weighted by molar-refractivity contribution is 9.10. The number of allylic oxidation sites excluding steroid dienone is 5. The third kappa shape index (κ3) is 3.11. The van der Waals surface area contributed by atoms with Crippen LogP contribution in [0, 0.1) is 0 Å². The molecular formula is C14H9BrO2. The van der Waals surface area contributed by atoms with Gasteiger partial charge in [0.05, 0.1) is 0 Å². The smallest absolute Gasteiger partial charge is 0.186 e. The zero-order valence-electron chi connectivity index (χ0n) is 8.89. The lowest BCUT2D eigenvalue weighted by Gasteiger charge is -2.00. The van der Waals surface area contributed by atoms with Crippen molar-refractivity contribution in [1.82, 2.24) is 0 Å². The summed E-state index contributed by atoms with van der Waals surface area (Å²) in [6.07, 6.45) is 7.39. The standard InChI is InChI=1S/C14H9BrO2/c15-12-5-2-10(3-6-12)1-4-11-9-13(16)7-8-14(11)17/h1-9H/b4-1+. The molecule has 0 heterocycles. The quantitative estimate of drug-likeness (QED) is 0.784. The molecule has 0 bridgehead atoms. The van der Waals surface area contributed by atoms with E-state index in [1.54, 1.807) is 6.08 Å². The maximum atomic E-state index is 11.4. The minimum Gasteiger partial charge on any atom is -0.290 e. The van der Waals surface area contributed by atoms with Crippen molar-refractivity contribution in [2.24, 2.45) is 0 Å². The van der Waals surface area contributed by atoms with E-state index >= 15 is 0 Å². The van der Waals surface area contributed by atoms with E-state index in [2.05, 4.69) is 15.9 Å². The summed E-state index contributed by atoms with van der Waals surface area (Å²) < 4.78 is 1.00. The third-order valence-electron chi connectivity index (χ3n) is 2.31. The van der Waals surface area contributed by atoms with E-state index in [9.17, 15) is 9.59 Å². The second-order valence-corrected chi connectivity index (χ2v) is 4.50. The van der Waals surface area contributed by atoms with Gasteiger partial charge in [0.25, 0.3) is 0 Å². The molecule has 1 aliphatic carbocycles. The van der Waals surface area contributed by atoms with Crippen LogP contribution in [0.3, 0.4) is 0 Å². The van der Waals surface area contributed by atoms with Gasteiger partial charge in [-0.1, -0.05) is 40.2 Å². The molecule has 2 rings (SSSR count). The molecule has 1 aliphatic rings. The fourth-order valence-electron chi connectivity index (χ4n) is 1.42. The molecule has 0 atom stereocenters. The molecule has 0 amide bonds. The van der Waals surface area contributed by atoms with Gasteiger partial charge >= 0.3 is 0 Å². The lowest BCUT2D eigenvalue weighted by atomic mass is 10.0. The number of halogens is 1. The Morgan fingerprint density at radius 1 is 0.941 bits per heavy atom. The van der Waals surface area contributed by atoms with Gasteiger partial charge in [0.2, 0.25) is 0 Å². The van der Waals surface area contributed by atoms with Gasteiger partial charge in [-0.2, -0.15) is 0 Å². The molecular weight excluding hydrogens is 280 g/mol. The number of rotatable bonds is 2. The predicted molar refractivity (Wildman–Crippen MR) is 70.4 cm³/mol. The lowest BCUT2D eigenvalue weighted by molar-refractivity contribution is -0.114. The molecule has 0 aromatic heterocycles. The van der Waals surface area contributed by atoms with Gasteiger partial charge < -0.3 is 0 Å². The maximum Gasteiger partial charge on any atom is 0.186 e. The normalized spacial score (nSPS) is 15.5. The first-order chi connectivity index (χ1) is 8.15. The Bertz CT molecular complexity index is 548. The molecule has 17 heavy (non-hydrogen) atoms. The zero-order valence-corrected chi connectivity index (χ0v) is 10.5. The van der Waals surface area contributed by atoms with Gasteiger partial charge in [-0.25, -0.2) is 0 Å². The van der Waals surface area contributed by atoms with Crippen LogP contribution in [0.5, 0.6) is 0 Å². The number of hydrogen-bond donors (Lipinski definition) is 0. The number of benzene rings is 1. The highest BCUT2D eigenvalue weighted by Crippen LogP contribution is 2.13. The summed E-state index contributed by atoms with van der Waals surface area (Å²) >= 11 is 3.35. The van der Waals surface area contributed by atoms with Gasteiger partial charge in [0.15, 0.2) is 11.6 Å². The molecule has 0 N–H and O–H groups in total. The van der Waals surface area contributed by atoms with E-state index in [-0.39, 0.29) is 11.6 Å². The minimum atomic E-state index is -0.153. The number of carbonyl (C=O) groups excluding carboxylic acids is 2. The van der Waals surface area contributed by atoms with Crippen LogP contribution in [-0.2, 0) is 9.59 Å². The summed E-state index contributed by atoms with van der Waals surface area (Å²) in [6, 6.07) is 7.68. The maximum absolute atomic E-state index is 11.4. The summed E-state index contributed by atoms with van der Waals surface area (Å²) in [7, 11) is 0. The van der Waals surface area contributed by atoms with E-state index in [4.69, 9.17) is 0 Å². The molecule has 2 nitrogen and oxygen atoms in total. The molecule has 0 fully saturated rings. The summed E-state index contributed by atoms with van der Waals surface area (Å²) in [5.74, 6) is -0.294. The third-order valence-corrected chi connectivity index (χ3v) is 2.84. The van der Waals surface area contributed by atoms with Crippen molar-refractivity contribution in [2.75, 3.05) is 0 Å². The van der Waals surface area contributed by atoms with E-state index in [1.165, 1.54) is 18.2 Å². The van der Waals surface area contributed by atoms with Gasteiger partial charge in [-0.05, 0) is 35.9 Å². The zero-order chi connectivity index (χ0) is 12.3. The average Bonchev–Trinajstić information content (AvgIpc) is 2.32. The summed E-state index contributed by atoms with van der Waals surface area (Å²) in [6.45, 7) is 0. The monoisotopic (exact) mass is 288 g/mol. The van der Waals surface area contributed by atoms with Gasteiger partial charge in [0.1, 0.15) is 0 Å². The molecule has 0 aliphatic heterocycles. The molecule has 0 saturated carbocycles. The Balaban J connectivity index is 2.18. The van der Waals surface area contributed by atoms with Crippen LogP contribution in [0.2, 0.25) is 0 Å². The van der Waals surface area contributed by atoms with E-state index < -0.39 is 0 Å². The van der Waals surface area contributed by atoms with Crippen molar-refractivity contribution in [1.29, 1.82) is 0 Å². The summed E-state index contributed by atoms with van der Waals surface area (Å²) in [5, 5.41) is 0. The fourth-order valence-corrected chi connectivity index (χ4v) is 1.68. The Hall–Kier alpha value is -1.74. The van der Waals surface area contributed by atoms with Crippen LogP contribution in [0.1, 0.15) is 5.56 Å². The summed E-state index contributed by atoms with van der Waals surface area (Å²) in [5.41, 5.74) is 1.39. The average molecular weight is 289 g/mol. The van der Waals surface area contributed by atoms with Crippen LogP contribution in [0.4, 0.5) is 0 Å². The topological polar surface area (TPSA) is 34.1 Å². The van der Waals surface area contributed by atoms with Crippen LogP contribution in [0.15, 0.2) is 58.6 Å². The molecule has 84 valence electrons. The molecule has 0 unspecified atom stereocenters. The van der Waals surface area contributed by atoms with E-state index in [0.717, 1.165) is 10.0 Å². The Morgan fingerprint density at radius 3 is 2.35 bits per heavy atom. The van der Waals surface area contributed by atoms with E-state index in [1.807, 2.05) is 30.3 Å². The molecule has 1 aromatic carbocycles. The second kappa shape index (κ2) is 5.06. The van der Waals surface area contributed by atoms with Gasteiger partial charge in [-0.15, -0.1) is 0 Å². The number of carbonyl (C=O) groups is 2. The largest absolute Gasteiger partial charge is 0.290 e. The van der Waals surface area contributed by atoms with Crippen molar-refractivity contribution < 1.29 is 9.59 Å². The van der Waals surface area contributed by atoms with Crippen molar-refractivity contribution in [3.8, 4) is 0 Å². The Morgan fingerprint density at radius 2 is 1.65 bits per heavy atom. The first-order valence-electron chi connectivity index (χ1n) is 5.07. The molecule has 0 spiro atoms. The molecule has 1 aromatic rings. The number of ketones is 2. The molecule has 0 saturated heterocycles.